The van der Waals surface area contributed by atoms with Crippen molar-refractivity contribution < 1.29 is 4.79 Å². The van der Waals surface area contributed by atoms with Crippen molar-refractivity contribution in [3.05, 3.63) is 21.4 Å². The molecule has 0 aromatic carbocycles. The summed E-state index contributed by atoms with van der Waals surface area (Å²) in [5, 5.41) is 0. The average molecular weight is 220 g/mol. The highest BCUT2D eigenvalue weighted by atomic mass is 32.1. The van der Waals surface area contributed by atoms with Gasteiger partial charge in [0.15, 0.2) is 5.78 Å². The lowest BCUT2D eigenvalue weighted by molar-refractivity contribution is 0.0927. The number of fused-ring (bicyclic) bond motifs is 1. The first-order chi connectivity index (χ1) is 7.34. The SMILES string of the molecule is O=C(c1cc2c(s1)CCC2)C1CCCC1. The summed E-state index contributed by atoms with van der Waals surface area (Å²) in [7, 11) is 0. The number of carbonyl (C=O) groups excluding carboxylic acids is 1. The van der Waals surface area contributed by atoms with E-state index >= 15 is 0 Å². The quantitative estimate of drug-likeness (QED) is 0.696. The minimum absolute atomic E-state index is 0.351. The van der Waals surface area contributed by atoms with E-state index in [1.807, 2.05) is 0 Å². The molecule has 0 aliphatic heterocycles. The molecular formula is C13H16OS. The average Bonchev–Trinajstić information content (AvgIpc) is 2.92. The van der Waals surface area contributed by atoms with Gasteiger partial charge < -0.3 is 0 Å². The molecule has 0 radical (unpaired) electrons. The van der Waals surface area contributed by atoms with Gasteiger partial charge in [-0.05, 0) is 43.7 Å². The van der Waals surface area contributed by atoms with Crippen LogP contribution in [0.25, 0.3) is 0 Å². The van der Waals surface area contributed by atoms with Crippen LogP contribution in [0.2, 0.25) is 0 Å². The van der Waals surface area contributed by atoms with Gasteiger partial charge in [-0.15, -0.1) is 11.3 Å². The zero-order chi connectivity index (χ0) is 10.3. The molecule has 0 saturated heterocycles. The van der Waals surface area contributed by atoms with E-state index in [1.165, 1.54) is 42.5 Å². The Morgan fingerprint density at radius 3 is 2.73 bits per heavy atom. The molecule has 0 unspecified atom stereocenters. The second-order valence-corrected chi connectivity index (χ2v) is 5.89. The van der Waals surface area contributed by atoms with Crippen LogP contribution in [-0.4, -0.2) is 5.78 Å². The third kappa shape index (κ3) is 1.65. The largest absolute Gasteiger partial charge is 0.293 e. The van der Waals surface area contributed by atoms with Gasteiger partial charge in [-0.1, -0.05) is 12.8 Å². The Morgan fingerprint density at radius 2 is 2.00 bits per heavy atom. The van der Waals surface area contributed by atoms with E-state index < -0.39 is 0 Å². The Bertz CT molecular complexity index is 364. The second kappa shape index (κ2) is 3.75. The third-order valence-electron chi connectivity index (χ3n) is 3.72. The summed E-state index contributed by atoms with van der Waals surface area (Å²) in [6.07, 6.45) is 8.45. The molecule has 15 heavy (non-hydrogen) atoms. The smallest absolute Gasteiger partial charge is 0.175 e. The van der Waals surface area contributed by atoms with Crippen molar-refractivity contribution in [1.29, 1.82) is 0 Å². The third-order valence-corrected chi connectivity index (χ3v) is 4.97. The zero-order valence-electron chi connectivity index (χ0n) is 8.92. The van der Waals surface area contributed by atoms with Gasteiger partial charge in [0.2, 0.25) is 0 Å². The molecule has 0 bridgehead atoms. The summed E-state index contributed by atoms with van der Waals surface area (Å²) < 4.78 is 0. The van der Waals surface area contributed by atoms with Gasteiger partial charge in [-0.3, -0.25) is 4.79 Å². The fourth-order valence-corrected chi connectivity index (χ4v) is 4.11. The Kier molecular flexibility index (Phi) is 2.39. The molecule has 1 heterocycles. The zero-order valence-corrected chi connectivity index (χ0v) is 9.74. The predicted octanol–water partition coefficient (Wildman–Crippen LogP) is 3.61. The monoisotopic (exact) mass is 220 g/mol. The van der Waals surface area contributed by atoms with E-state index in [0.717, 1.165) is 17.7 Å². The van der Waals surface area contributed by atoms with E-state index in [9.17, 15) is 4.79 Å². The van der Waals surface area contributed by atoms with E-state index in [-0.39, 0.29) is 0 Å². The topological polar surface area (TPSA) is 17.1 Å². The maximum Gasteiger partial charge on any atom is 0.175 e. The number of hydrogen-bond acceptors (Lipinski definition) is 2. The van der Waals surface area contributed by atoms with Gasteiger partial charge in [0, 0.05) is 10.8 Å². The molecule has 1 fully saturated rings. The van der Waals surface area contributed by atoms with Crippen LogP contribution in [0.4, 0.5) is 0 Å². The number of aryl methyl sites for hydroxylation is 2. The van der Waals surface area contributed by atoms with Gasteiger partial charge in [-0.25, -0.2) is 0 Å². The van der Waals surface area contributed by atoms with Crippen LogP contribution in [0.1, 0.15) is 52.2 Å². The van der Waals surface area contributed by atoms with Crippen molar-refractivity contribution in [3.8, 4) is 0 Å². The normalized spacial score (nSPS) is 20.8. The summed E-state index contributed by atoms with van der Waals surface area (Å²) in [6, 6.07) is 2.17. The van der Waals surface area contributed by atoms with E-state index in [1.54, 1.807) is 11.3 Å². The van der Waals surface area contributed by atoms with Gasteiger partial charge in [0.1, 0.15) is 0 Å². The van der Waals surface area contributed by atoms with E-state index in [4.69, 9.17) is 0 Å². The lowest BCUT2D eigenvalue weighted by Crippen LogP contribution is -2.09. The summed E-state index contributed by atoms with van der Waals surface area (Å²) in [5.41, 5.74) is 1.46. The molecule has 80 valence electrons. The highest BCUT2D eigenvalue weighted by molar-refractivity contribution is 7.14. The summed E-state index contributed by atoms with van der Waals surface area (Å²) in [5.74, 6) is 0.788. The van der Waals surface area contributed by atoms with Crippen LogP contribution < -0.4 is 0 Å². The van der Waals surface area contributed by atoms with Crippen LogP contribution in [0.3, 0.4) is 0 Å². The number of ketones is 1. The molecule has 0 spiro atoms. The first-order valence-electron chi connectivity index (χ1n) is 6.00. The number of thiophene rings is 1. The number of Topliss-reactive ketones (excluding diaryl/α,β-unsaturated/α-hetero) is 1. The summed E-state index contributed by atoms with van der Waals surface area (Å²) in [6.45, 7) is 0. The van der Waals surface area contributed by atoms with Crippen LogP contribution in [0, 0.1) is 5.92 Å². The van der Waals surface area contributed by atoms with E-state index in [2.05, 4.69) is 6.07 Å². The molecule has 2 aliphatic carbocycles. The van der Waals surface area contributed by atoms with Crippen molar-refractivity contribution in [1.82, 2.24) is 0 Å². The Morgan fingerprint density at radius 1 is 1.20 bits per heavy atom. The lowest BCUT2D eigenvalue weighted by Gasteiger charge is -2.04. The molecule has 3 rings (SSSR count). The highest BCUT2D eigenvalue weighted by Gasteiger charge is 2.26. The van der Waals surface area contributed by atoms with Crippen molar-refractivity contribution in [2.45, 2.75) is 44.9 Å². The van der Waals surface area contributed by atoms with Crippen molar-refractivity contribution in [2.75, 3.05) is 0 Å². The van der Waals surface area contributed by atoms with Crippen LogP contribution >= 0.6 is 11.3 Å². The van der Waals surface area contributed by atoms with E-state index in [0.29, 0.717) is 11.7 Å². The van der Waals surface area contributed by atoms with Crippen molar-refractivity contribution >= 4 is 17.1 Å². The molecule has 0 amide bonds. The molecule has 2 heteroatoms. The molecule has 0 N–H and O–H groups in total. The molecule has 1 nitrogen and oxygen atoms in total. The summed E-state index contributed by atoms with van der Waals surface area (Å²) in [4.78, 5) is 14.7. The standard InChI is InChI=1S/C13H16OS/c14-13(9-4-1-2-5-9)12-8-10-6-3-7-11(10)15-12/h8-9H,1-7H2. The molecule has 1 aromatic heterocycles. The minimum Gasteiger partial charge on any atom is -0.293 e. The van der Waals surface area contributed by atoms with Gasteiger partial charge in [0.05, 0.1) is 4.88 Å². The van der Waals surface area contributed by atoms with Crippen LogP contribution in [0.15, 0.2) is 6.07 Å². The number of hydrogen-bond donors (Lipinski definition) is 0. The highest BCUT2D eigenvalue weighted by Crippen LogP contribution is 2.35. The van der Waals surface area contributed by atoms with Gasteiger partial charge in [-0.2, -0.15) is 0 Å². The van der Waals surface area contributed by atoms with Crippen LogP contribution in [0.5, 0.6) is 0 Å². The lowest BCUT2D eigenvalue weighted by atomic mass is 10.0. The fourth-order valence-electron chi connectivity index (χ4n) is 2.84. The number of carbonyl (C=O) groups is 1. The molecule has 1 saturated carbocycles. The van der Waals surface area contributed by atoms with Gasteiger partial charge in [0.25, 0.3) is 0 Å². The Hall–Kier alpha value is -0.630. The first-order valence-corrected chi connectivity index (χ1v) is 6.82. The molecule has 0 atom stereocenters. The van der Waals surface area contributed by atoms with Crippen molar-refractivity contribution in [3.63, 3.8) is 0 Å². The van der Waals surface area contributed by atoms with Gasteiger partial charge >= 0.3 is 0 Å². The first kappa shape index (κ1) is 9.59. The predicted molar refractivity (Wildman–Crippen MR) is 62.6 cm³/mol. The molecule has 1 aromatic rings. The maximum absolute atomic E-state index is 12.2. The Balaban J connectivity index is 1.83. The van der Waals surface area contributed by atoms with Crippen LogP contribution in [-0.2, 0) is 12.8 Å². The second-order valence-electron chi connectivity index (χ2n) is 4.76. The minimum atomic E-state index is 0.351. The van der Waals surface area contributed by atoms with Crippen molar-refractivity contribution in [2.24, 2.45) is 5.92 Å². The molecular weight excluding hydrogens is 204 g/mol. The molecule has 2 aliphatic rings. The summed E-state index contributed by atoms with van der Waals surface area (Å²) >= 11 is 1.77. The fraction of sp³-hybridized carbons (Fsp3) is 0.615. The maximum atomic E-state index is 12.2. The number of rotatable bonds is 2. The Labute approximate surface area is 94.5 Å².